The molecule has 1 heterocycles. The third-order valence-electron chi connectivity index (χ3n) is 5.58. The van der Waals surface area contributed by atoms with E-state index in [1.807, 2.05) is 30.3 Å². The van der Waals surface area contributed by atoms with Crippen molar-refractivity contribution < 1.29 is 4.74 Å². The van der Waals surface area contributed by atoms with Crippen molar-refractivity contribution in [2.75, 3.05) is 0 Å². The van der Waals surface area contributed by atoms with Crippen LogP contribution in [0.15, 0.2) is 97.1 Å². The van der Waals surface area contributed by atoms with Crippen LogP contribution in [0.1, 0.15) is 0 Å². The van der Waals surface area contributed by atoms with Crippen LogP contribution in [0.4, 0.5) is 0 Å². The first-order valence-electron chi connectivity index (χ1n) is 10.4. The van der Waals surface area contributed by atoms with Gasteiger partial charge in [-0.15, -0.1) is 0 Å². The third-order valence-corrected chi connectivity index (χ3v) is 7.62. The van der Waals surface area contributed by atoms with E-state index in [4.69, 9.17) is 4.74 Å². The van der Waals surface area contributed by atoms with Gasteiger partial charge >= 0.3 is 0 Å². The van der Waals surface area contributed by atoms with Gasteiger partial charge in [0.25, 0.3) is 0 Å². The van der Waals surface area contributed by atoms with Gasteiger partial charge in [0.15, 0.2) is 0 Å². The van der Waals surface area contributed by atoms with E-state index in [1.54, 1.807) is 0 Å². The maximum Gasteiger partial charge on any atom is 0.129 e. The molecule has 0 bridgehead atoms. The molecule has 30 heavy (non-hydrogen) atoms. The lowest BCUT2D eigenvalue weighted by molar-refractivity contribution is 0.483. The van der Waals surface area contributed by atoms with Gasteiger partial charge in [-0.05, 0) is 41.6 Å². The van der Waals surface area contributed by atoms with Crippen LogP contribution in [0, 0.1) is 0 Å². The highest BCUT2D eigenvalue weighted by Gasteiger charge is 2.23. The topological polar surface area (TPSA) is 14.2 Å². The zero-order valence-corrected chi connectivity index (χ0v) is 18.6. The lowest BCUT2D eigenvalue weighted by atomic mass is 10.1. The highest BCUT2D eigenvalue weighted by atomic mass is 28.3. The Morgan fingerprint density at radius 3 is 2.07 bits per heavy atom. The Balaban J connectivity index is 1.79. The molecule has 5 aromatic rings. The number of fused-ring (bicyclic) bond motifs is 3. The Morgan fingerprint density at radius 1 is 0.600 bits per heavy atom. The summed E-state index contributed by atoms with van der Waals surface area (Å²) < 4.78 is 8.58. The average molecular weight is 408 g/mol. The number of benzene rings is 4. The van der Waals surface area contributed by atoms with E-state index < -0.39 is 8.07 Å². The first kappa shape index (κ1) is 18.7. The van der Waals surface area contributed by atoms with Crippen LogP contribution in [0.3, 0.4) is 0 Å². The van der Waals surface area contributed by atoms with Crippen LogP contribution < -0.4 is 9.92 Å². The van der Waals surface area contributed by atoms with Gasteiger partial charge in [0, 0.05) is 22.5 Å². The zero-order chi connectivity index (χ0) is 20.7. The molecule has 0 N–H and O–H groups in total. The molecule has 3 heteroatoms. The normalized spacial score (nSPS) is 11.8. The summed E-state index contributed by atoms with van der Waals surface area (Å²) in [5, 5.41) is 3.97. The van der Waals surface area contributed by atoms with Crippen molar-refractivity contribution in [2.45, 2.75) is 19.6 Å². The molecule has 2 nitrogen and oxygen atoms in total. The molecule has 5 rings (SSSR count). The smallest absolute Gasteiger partial charge is 0.129 e. The quantitative estimate of drug-likeness (QED) is 0.289. The van der Waals surface area contributed by atoms with Crippen molar-refractivity contribution >= 4 is 35.1 Å². The van der Waals surface area contributed by atoms with Crippen molar-refractivity contribution in [1.82, 2.24) is 4.57 Å². The lowest BCUT2D eigenvalue weighted by Gasteiger charge is -2.22. The zero-order valence-electron chi connectivity index (χ0n) is 17.6. The minimum absolute atomic E-state index is 0.849. The van der Waals surface area contributed by atoms with Gasteiger partial charge in [0.1, 0.15) is 11.5 Å². The Morgan fingerprint density at radius 2 is 1.27 bits per heavy atom. The highest BCUT2D eigenvalue weighted by molar-refractivity contribution is 6.89. The SMILES string of the molecule is C[Si](C)(C)c1ccccc1-n1c2ccccc2c2ccc(Oc3ccccc3)cc21. The number of para-hydroxylation sites is 3. The summed E-state index contributed by atoms with van der Waals surface area (Å²) in [5.41, 5.74) is 3.69. The Hall–Kier alpha value is -3.30. The Kier molecular flexibility index (Phi) is 4.48. The van der Waals surface area contributed by atoms with E-state index in [1.165, 1.54) is 32.7 Å². The molecule has 0 saturated carbocycles. The second-order valence-corrected chi connectivity index (χ2v) is 13.8. The number of hydrogen-bond acceptors (Lipinski definition) is 1. The molecule has 0 amide bonds. The van der Waals surface area contributed by atoms with Crippen molar-refractivity contribution in [2.24, 2.45) is 0 Å². The van der Waals surface area contributed by atoms with Gasteiger partial charge < -0.3 is 9.30 Å². The molecule has 148 valence electrons. The van der Waals surface area contributed by atoms with Crippen molar-refractivity contribution in [3.8, 4) is 17.2 Å². The summed E-state index contributed by atoms with van der Waals surface area (Å²) in [5.74, 6) is 1.70. The summed E-state index contributed by atoms with van der Waals surface area (Å²) in [4.78, 5) is 0. The van der Waals surface area contributed by atoms with Gasteiger partial charge in [0.2, 0.25) is 0 Å². The van der Waals surface area contributed by atoms with Gasteiger partial charge in [-0.3, -0.25) is 0 Å². The molecule has 0 spiro atoms. The fourth-order valence-corrected chi connectivity index (χ4v) is 5.76. The monoisotopic (exact) mass is 407 g/mol. The van der Waals surface area contributed by atoms with Gasteiger partial charge in [-0.25, -0.2) is 0 Å². The molecule has 0 fully saturated rings. The fourth-order valence-electron chi connectivity index (χ4n) is 4.20. The Labute approximate surface area is 178 Å². The van der Waals surface area contributed by atoms with E-state index >= 15 is 0 Å². The van der Waals surface area contributed by atoms with Crippen LogP contribution >= 0.6 is 0 Å². The minimum Gasteiger partial charge on any atom is -0.457 e. The average Bonchev–Trinajstić information content (AvgIpc) is 3.07. The van der Waals surface area contributed by atoms with Crippen LogP contribution in [-0.2, 0) is 0 Å². The van der Waals surface area contributed by atoms with E-state index in [-0.39, 0.29) is 0 Å². The molecule has 0 saturated heterocycles. The number of aromatic nitrogens is 1. The van der Waals surface area contributed by atoms with E-state index in [0.29, 0.717) is 0 Å². The van der Waals surface area contributed by atoms with Crippen LogP contribution in [0.5, 0.6) is 11.5 Å². The fraction of sp³-hybridized carbons (Fsp3) is 0.111. The first-order valence-corrected chi connectivity index (χ1v) is 13.9. The molecular weight excluding hydrogens is 382 g/mol. The van der Waals surface area contributed by atoms with Gasteiger partial charge in [0.05, 0.1) is 19.1 Å². The third kappa shape index (κ3) is 3.21. The van der Waals surface area contributed by atoms with Gasteiger partial charge in [-0.2, -0.15) is 0 Å². The number of hydrogen-bond donors (Lipinski definition) is 0. The first-order chi connectivity index (χ1) is 14.5. The van der Waals surface area contributed by atoms with Crippen molar-refractivity contribution in [3.05, 3.63) is 97.1 Å². The van der Waals surface area contributed by atoms with E-state index in [0.717, 1.165) is 11.5 Å². The summed E-state index contributed by atoms with van der Waals surface area (Å²) in [6, 6.07) is 33.9. The second kappa shape index (κ2) is 7.19. The second-order valence-electron chi connectivity index (χ2n) is 8.71. The van der Waals surface area contributed by atoms with E-state index in [9.17, 15) is 0 Å². The molecule has 0 aliphatic carbocycles. The summed E-state index contributed by atoms with van der Waals surface area (Å²) in [6.45, 7) is 7.22. The summed E-state index contributed by atoms with van der Waals surface area (Å²) in [7, 11) is -1.54. The number of rotatable bonds is 4. The number of nitrogens with zero attached hydrogens (tertiary/aromatic N) is 1. The molecule has 0 aliphatic heterocycles. The van der Waals surface area contributed by atoms with Crippen LogP contribution in [0.25, 0.3) is 27.5 Å². The summed E-state index contributed by atoms with van der Waals surface area (Å²) >= 11 is 0. The molecule has 0 unspecified atom stereocenters. The van der Waals surface area contributed by atoms with Crippen LogP contribution in [0.2, 0.25) is 19.6 Å². The Bertz CT molecular complexity index is 1350. The predicted octanol–water partition coefficient (Wildman–Crippen LogP) is 7.12. The van der Waals surface area contributed by atoms with Crippen molar-refractivity contribution in [1.29, 1.82) is 0 Å². The van der Waals surface area contributed by atoms with Gasteiger partial charge in [-0.1, -0.05) is 74.2 Å². The standard InChI is InChI=1S/C27H25NOSi/c1-30(2,3)27-16-10-9-15-25(27)28-24-14-8-7-13-22(24)23-18-17-21(19-26(23)28)29-20-11-5-4-6-12-20/h4-19H,1-3H3. The molecule has 0 atom stereocenters. The minimum atomic E-state index is -1.54. The van der Waals surface area contributed by atoms with Crippen molar-refractivity contribution in [3.63, 3.8) is 0 Å². The molecule has 4 aromatic carbocycles. The molecule has 0 aliphatic rings. The molecule has 0 radical (unpaired) electrons. The highest BCUT2D eigenvalue weighted by Crippen LogP contribution is 2.35. The predicted molar refractivity (Wildman–Crippen MR) is 130 cm³/mol. The molecule has 1 aromatic heterocycles. The molecular formula is C27H25NOSi. The maximum atomic E-state index is 6.17. The lowest BCUT2D eigenvalue weighted by Crippen LogP contribution is -2.40. The van der Waals surface area contributed by atoms with Crippen LogP contribution in [-0.4, -0.2) is 12.6 Å². The maximum absolute atomic E-state index is 6.17. The largest absolute Gasteiger partial charge is 0.457 e. The summed E-state index contributed by atoms with van der Waals surface area (Å²) in [6.07, 6.45) is 0. The number of ether oxygens (including phenoxy) is 1. The van der Waals surface area contributed by atoms with E-state index in [2.05, 4.69) is 90.9 Å².